The molecule has 2 nitrogen and oxygen atoms in total. The van der Waals surface area contributed by atoms with Crippen LogP contribution in [-0.2, 0) is 4.79 Å². The molecule has 0 radical (unpaired) electrons. The molecule has 3 heteroatoms. The number of hydrogen-bond donors (Lipinski definition) is 1. The molecule has 1 aromatic carbocycles. The molecule has 0 spiro atoms. The minimum absolute atomic E-state index is 0.148. The average molecular weight is 237 g/mol. The summed E-state index contributed by atoms with van der Waals surface area (Å²) in [5, 5.41) is 3.26. The van der Waals surface area contributed by atoms with Crippen LogP contribution in [0.15, 0.2) is 30.3 Å². The summed E-state index contributed by atoms with van der Waals surface area (Å²) in [6.07, 6.45) is 0.607. The SMILES string of the molecule is CCNC(=O)CCSC(C)c1ccccc1. The number of hydrogen-bond acceptors (Lipinski definition) is 2. The highest BCUT2D eigenvalue weighted by atomic mass is 32.2. The maximum Gasteiger partial charge on any atom is 0.220 e. The Morgan fingerprint density at radius 1 is 1.38 bits per heavy atom. The Hall–Kier alpha value is -0.960. The van der Waals surface area contributed by atoms with Crippen molar-refractivity contribution in [3.05, 3.63) is 35.9 Å². The second-order valence-corrected chi connectivity index (χ2v) is 5.08. The normalized spacial score (nSPS) is 12.1. The Labute approximate surface area is 102 Å². The topological polar surface area (TPSA) is 29.1 Å². The maximum atomic E-state index is 11.2. The van der Waals surface area contributed by atoms with Crippen molar-refractivity contribution < 1.29 is 4.79 Å². The van der Waals surface area contributed by atoms with Gasteiger partial charge in [0, 0.05) is 24.0 Å². The highest BCUT2D eigenvalue weighted by Gasteiger charge is 2.06. The van der Waals surface area contributed by atoms with E-state index in [4.69, 9.17) is 0 Å². The van der Waals surface area contributed by atoms with Crippen LogP contribution in [0.2, 0.25) is 0 Å². The number of thioether (sulfide) groups is 1. The molecular weight excluding hydrogens is 218 g/mol. The van der Waals surface area contributed by atoms with Crippen LogP contribution in [0, 0.1) is 0 Å². The minimum atomic E-state index is 0.148. The van der Waals surface area contributed by atoms with Gasteiger partial charge in [0.25, 0.3) is 0 Å². The van der Waals surface area contributed by atoms with Gasteiger partial charge in [-0.05, 0) is 19.4 Å². The molecule has 88 valence electrons. The van der Waals surface area contributed by atoms with Crippen molar-refractivity contribution in [2.45, 2.75) is 25.5 Å². The molecule has 1 amide bonds. The molecule has 0 fully saturated rings. The molecule has 0 heterocycles. The van der Waals surface area contributed by atoms with E-state index in [0.717, 1.165) is 12.3 Å². The van der Waals surface area contributed by atoms with Crippen LogP contribution in [0.1, 0.15) is 31.1 Å². The van der Waals surface area contributed by atoms with Gasteiger partial charge in [-0.2, -0.15) is 11.8 Å². The lowest BCUT2D eigenvalue weighted by Crippen LogP contribution is -2.22. The molecule has 0 aliphatic carbocycles. The molecule has 0 aliphatic rings. The van der Waals surface area contributed by atoms with Gasteiger partial charge in [0.15, 0.2) is 0 Å². The standard InChI is InChI=1S/C13H19NOS/c1-3-14-13(15)9-10-16-11(2)12-7-5-4-6-8-12/h4-8,11H,3,9-10H2,1-2H3,(H,14,15). The van der Waals surface area contributed by atoms with Gasteiger partial charge in [-0.3, -0.25) is 4.79 Å². The summed E-state index contributed by atoms with van der Waals surface area (Å²) in [4.78, 5) is 11.2. The van der Waals surface area contributed by atoms with E-state index >= 15 is 0 Å². The third-order valence-corrected chi connectivity index (χ3v) is 3.55. The van der Waals surface area contributed by atoms with Crippen LogP contribution in [-0.4, -0.2) is 18.2 Å². The zero-order chi connectivity index (χ0) is 11.8. The lowest BCUT2D eigenvalue weighted by Gasteiger charge is -2.11. The Kier molecular flexibility index (Phi) is 6.01. The van der Waals surface area contributed by atoms with Crippen LogP contribution in [0.4, 0.5) is 0 Å². The predicted octanol–water partition coefficient (Wildman–Crippen LogP) is 3.01. The fourth-order valence-corrected chi connectivity index (χ4v) is 2.44. The third kappa shape index (κ3) is 4.71. The van der Waals surface area contributed by atoms with Gasteiger partial charge in [-0.1, -0.05) is 30.3 Å². The van der Waals surface area contributed by atoms with Gasteiger partial charge in [-0.15, -0.1) is 0 Å². The van der Waals surface area contributed by atoms with Gasteiger partial charge in [0.2, 0.25) is 5.91 Å². The van der Waals surface area contributed by atoms with E-state index in [2.05, 4.69) is 36.5 Å². The zero-order valence-corrected chi connectivity index (χ0v) is 10.7. The van der Waals surface area contributed by atoms with E-state index in [1.807, 2.05) is 24.8 Å². The quantitative estimate of drug-likeness (QED) is 0.824. The summed E-state index contributed by atoms with van der Waals surface area (Å²) < 4.78 is 0. The van der Waals surface area contributed by atoms with Crippen molar-refractivity contribution in [3.8, 4) is 0 Å². The number of amides is 1. The van der Waals surface area contributed by atoms with Gasteiger partial charge in [0.1, 0.15) is 0 Å². The Bertz CT molecular complexity index is 313. The summed E-state index contributed by atoms with van der Waals surface area (Å²) in [6.45, 7) is 4.84. The average Bonchev–Trinajstić information content (AvgIpc) is 2.30. The summed E-state index contributed by atoms with van der Waals surface area (Å²) in [5.74, 6) is 1.03. The lowest BCUT2D eigenvalue weighted by molar-refractivity contribution is -0.120. The molecule has 1 rings (SSSR count). The van der Waals surface area contributed by atoms with E-state index < -0.39 is 0 Å². The lowest BCUT2D eigenvalue weighted by atomic mass is 10.2. The van der Waals surface area contributed by atoms with E-state index in [1.54, 1.807) is 0 Å². The van der Waals surface area contributed by atoms with Crippen molar-refractivity contribution in [2.75, 3.05) is 12.3 Å². The highest BCUT2D eigenvalue weighted by Crippen LogP contribution is 2.27. The van der Waals surface area contributed by atoms with Crippen LogP contribution >= 0.6 is 11.8 Å². The third-order valence-electron chi connectivity index (χ3n) is 2.34. The van der Waals surface area contributed by atoms with Crippen molar-refractivity contribution in [3.63, 3.8) is 0 Å². The molecule has 1 aromatic rings. The first-order chi connectivity index (χ1) is 7.74. The van der Waals surface area contributed by atoms with Crippen LogP contribution in [0.3, 0.4) is 0 Å². The molecule has 1 N–H and O–H groups in total. The number of nitrogens with one attached hydrogen (secondary N) is 1. The van der Waals surface area contributed by atoms with E-state index in [0.29, 0.717) is 11.7 Å². The van der Waals surface area contributed by atoms with Gasteiger partial charge in [0.05, 0.1) is 0 Å². The zero-order valence-electron chi connectivity index (χ0n) is 9.90. The maximum absolute atomic E-state index is 11.2. The second-order valence-electron chi connectivity index (χ2n) is 3.63. The monoisotopic (exact) mass is 237 g/mol. The highest BCUT2D eigenvalue weighted by molar-refractivity contribution is 7.99. The van der Waals surface area contributed by atoms with Crippen molar-refractivity contribution in [1.29, 1.82) is 0 Å². The summed E-state index contributed by atoms with van der Waals surface area (Å²) >= 11 is 1.82. The second kappa shape index (κ2) is 7.34. The van der Waals surface area contributed by atoms with Crippen molar-refractivity contribution in [2.24, 2.45) is 0 Å². The molecule has 1 unspecified atom stereocenters. The number of rotatable bonds is 6. The molecule has 1 atom stereocenters. The number of benzene rings is 1. The Morgan fingerprint density at radius 3 is 2.69 bits per heavy atom. The molecule has 0 saturated heterocycles. The molecule has 0 aliphatic heterocycles. The first kappa shape index (κ1) is 13.1. The van der Waals surface area contributed by atoms with Crippen LogP contribution in [0.5, 0.6) is 0 Å². The largest absolute Gasteiger partial charge is 0.356 e. The molecule has 16 heavy (non-hydrogen) atoms. The van der Waals surface area contributed by atoms with E-state index in [9.17, 15) is 4.79 Å². The fourth-order valence-electron chi connectivity index (χ4n) is 1.43. The van der Waals surface area contributed by atoms with Crippen LogP contribution in [0.25, 0.3) is 0 Å². The summed E-state index contributed by atoms with van der Waals surface area (Å²) in [6, 6.07) is 10.4. The van der Waals surface area contributed by atoms with Gasteiger partial charge in [-0.25, -0.2) is 0 Å². The van der Waals surface area contributed by atoms with E-state index in [1.165, 1.54) is 5.56 Å². The molecule has 0 aromatic heterocycles. The predicted molar refractivity (Wildman–Crippen MR) is 70.6 cm³/mol. The smallest absolute Gasteiger partial charge is 0.220 e. The fraction of sp³-hybridized carbons (Fsp3) is 0.462. The molecular formula is C13H19NOS. The Morgan fingerprint density at radius 2 is 2.06 bits per heavy atom. The minimum Gasteiger partial charge on any atom is -0.356 e. The summed E-state index contributed by atoms with van der Waals surface area (Å²) in [5.41, 5.74) is 1.32. The molecule has 0 saturated carbocycles. The van der Waals surface area contributed by atoms with Crippen molar-refractivity contribution >= 4 is 17.7 Å². The summed E-state index contributed by atoms with van der Waals surface area (Å²) in [7, 11) is 0. The van der Waals surface area contributed by atoms with E-state index in [-0.39, 0.29) is 5.91 Å². The number of carbonyl (C=O) groups is 1. The number of carbonyl (C=O) groups excluding carboxylic acids is 1. The Balaban J connectivity index is 2.26. The first-order valence-corrected chi connectivity index (χ1v) is 6.72. The van der Waals surface area contributed by atoms with Gasteiger partial charge < -0.3 is 5.32 Å². The molecule has 0 bridgehead atoms. The van der Waals surface area contributed by atoms with Crippen molar-refractivity contribution in [1.82, 2.24) is 5.32 Å². The first-order valence-electron chi connectivity index (χ1n) is 5.67. The van der Waals surface area contributed by atoms with Gasteiger partial charge >= 0.3 is 0 Å². The van der Waals surface area contributed by atoms with Crippen LogP contribution < -0.4 is 5.32 Å².